The summed E-state index contributed by atoms with van der Waals surface area (Å²) in [6.45, 7) is 8.20. The van der Waals surface area contributed by atoms with E-state index in [1.807, 2.05) is 27.7 Å². The first kappa shape index (κ1) is 17.5. The standard InChI is InChI=1S/C14H22ClN3O3/c1-8(2)7-18-13(19)11(15)10(6-16-18)17-12(9(3)4)14(20)21-5/h6,8-9,12,17H,7H2,1-5H3. The van der Waals surface area contributed by atoms with Gasteiger partial charge < -0.3 is 10.1 Å². The first-order valence-electron chi connectivity index (χ1n) is 6.87. The van der Waals surface area contributed by atoms with Crippen LogP contribution >= 0.6 is 11.6 Å². The zero-order valence-electron chi connectivity index (χ0n) is 13.0. The molecule has 0 fully saturated rings. The van der Waals surface area contributed by atoms with Gasteiger partial charge in [-0.2, -0.15) is 5.10 Å². The van der Waals surface area contributed by atoms with E-state index in [0.29, 0.717) is 12.2 Å². The van der Waals surface area contributed by atoms with Gasteiger partial charge >= 0.3 is 5.97 Å². The van der Waals surface area contributed by atoms with Crippen molar-refractivity contribution < 1.29 is 9.53 Å². The van der Waals surface area contributed by atoms with E-state index >= 15 is 0 Å². The van der Waals surface area contributed by atoms with Gasteiger partial charge in [-0.3, -0.25) is 4.79 Å². The molecule has 1 aromatic heterocycles. The molecule has 7 heteroatoms. The van der Waals surface area contributed by atoms with Crippen molar-refractivity contribution in [2.75, 3.05) is 12.4 Å². The molecule has 0 aliphatic rings. The van der Waals surface area contributed by atoms with Crippen LogP contribution in [0, 0.1) is 11.8 Å². The van der Waals surface area contributed by atoms with Gasteiger partial charge in [-0.1, -0.05) is 39.3 Å². The van der Waals surface area contributed by atoms with E-state index in [-0.39, 0.29) is 22.4 Å². The van der Waals surface area contributed by atoms with Crippen LogP contribution in [-0.4, -0.2) is 28.9 Å². The van der Waals surface area contributed by atoms with Gasteiger partial charge in [0.15, 0.2) is 0 Å². The van der Waals surface area contributed by atoms with E-state index in [4.69, 9.17) is 16.3 Å². The van der Waals surface area contributed by atoms with E-state index in [1.165, 1.54) is 18.0 Å². The summed E-state index contributed by atoms with van der Waals surface area (Å²) in [7, 11) is 1.32. The van der Waals surface area contributed by atoms with E-state index in [2.05, 4.69) is 10.4 Å². The number of methoxy groups -OCH3 is 1. The number of hydrogen-bond donors (Lipinski definition) is 1. The molecule has 0 spiro atoms. The second-order valence-electron chi connectivity index (χ2n) is 5.64. The Morgan fingerprint density at radius 3 is 2.52 bits per heavy atom. The van der Waals surface area contributed by atoms with Gasteiger partial charge in [0.1, 0.15) is 11.1 Å². The lowest BCUT2D eigenvalue weighted by Crippen LogP contribution is -2.36. The minimum absolute atomic E-state index is 0.0217. The summed E-state index contributed by atoms with van der Waals surface area (Å²) in [4.78, 5) is 23.9. The fraction of sp³-hybridized carbons (Fsp3) is 0.643. The average Bonchev–Trinajstić information content (AvgIpc) is 2.41. The normalized spacial score (nSPS) is 12.6. The maximum atomic E-state index is 12.1. The Kier molecular flexibility index (Phi) is 6.20. The van der Waals surface area contributed by atoms with Crippen LogP contribution in [0.5, 0.6) is 0 Å². The topological polar surface area (TPSA) is 73.2 Å². The number of esters is 1. The lowest BCUT2D eigenvalue weighted by Gasteiger charge is -2.21. The molecule has 0 aromatic carbocycles. The first-order valence-corrected chi connectivity index (χ1v) is 7.25. The SMILES string of the molecule is COC(=O)C(Nc1cnn(CC(C)C)c(=O)c1Cl)C(C)C. The summed E-state index contributed by atoms with van der Waals surface area (Å²) in [6.07, 6.45) is 1.46. The molecular formula is C14H22ClN3O3. The molecular weight excluding hydrogens is 294 g/mol. The summed E-state index contributed by atoms with van der Waals surface area (Å²) in [5, 5.41) is 7.05. The molecule has 6 nitrogen and oxygen atoms in total. The Bertz CT molecular complexity index is 555. The molecule has 0 radical (unpaired) electrons. The Morgan fingerprint density at radius 1 is 1.43 bits per heavy atom. The van der Waals surface area contributed by atoms with Crippen LogP contribution in [0.2, 0.25) is 5.02 Å². The number of carbonyl (C=O) groups is 1. The van der Waals surface area contributed by atoms with Gasteiger partial charge in [-0.15, -0.1) is 0 Å². The molecule has 1 atom stereocenters. The van der Waals surface area contributed by atoms with E-state index in [0.717, 1.165) is 0 Å². The van der Waals surface area contributed by atoms with Crippen molar-refractivity contribution in [1.82, 2.24) is 9.78 Å². The quantitative estimate of drug-likeness (QED) is 0.814. The number of aromatic nitrogens is 2. The van der Waals surface area contributed by atoms with Crippen molar-refractivity contribution in [3.63, 3.8) is 0 Å². The van der Waals surface area contributed by atoms with Gasteiger partial charge in [0.25, 0.3) is 5.56 Å². The molecule has 1 rings (SSSR count). The highest BCUT2D eigenvalue weighted by Gasteiger charge is 2.24. The monoisotopic (exact) mass is 315 g/mol. The summed E-state index contributed by atoms with van der Waals surface area (Å²) in [5.41, 5.74) is -0.0338. The van der Waals surface area contributed by atoms with Crippen LogP contribution in [0.1, 0.15) is 27.7 Å². The van der Waals surface area contributed by atoms with E-state index in [1.54, 1.807) is 0 Å². The van der Waals surface area contributed by atoms with Crippen LogP contribution in [0.15, 0.2) is 11.0 Å². The van der Waals surface area contributed by atoms with Crippen molar-refractivity contribution in [1.29, 1.82) is 0 Å². The highest BCUT2D eigenvalue weighted by Crippen LogP contribution is 2.19. The molecule has 21 heavy (non-hydrogen) atoms. The molecule has 0 saturated heterocycles. The average molecular weight is 316 g/mol. The molecule has 0 aliphatic heterocycles. The predicted octanol–water partition coefficient (Wildman–Crippen LogP) is 2.16. The Balaban J connectivity index is 3.07. The van der Waals surface area contributed by atoms with Gasteiger partial charge in [-0.05, 0) is 11.8 Å². The molecule has 1 aromatic rings. The molecule has 1 N–H and O–H groups in total. The van der Waals surface area contributed by atoms with E-state index in [9.17, 15) is 9.59 Å². The largest absolute Gasteiger partial charge is 0.467 e. The molecule has 0 amide bonds. The predicted molar refractivity (Wildman–Crippen MR) is 82.6 cm³/mol. The Morgan fingerprint density at radius 2 is 2.05 bits per heavy atom. The fourth-order valence-corrected chi connectivity index (χ4v) is 2.03. The summed E-state index contributed by atoms with van der Waals surface area (Å²) < 4.78 is 6.06. The summed E-state index contributed by atoms with van der Waals surface area (Å²) >= 11 is 6.09. The highest BCUT2D eigenvalue weighted by atomic mass is 35.5. The van der Waals surface area contributed by atoms with Crippen LogP contribution in [-0.2, 0) is 16.1 Å². The third-order valence-corrected chi connectivity index (χ3v) is 3.32. The summed E-state index contributed by atoms with van der Waals surface area (Å²) in [6, 6.07) is -0.588. The maximum absolute atomic E-state index is 12.1. The highest BCUT2D eigenvalue weighted by molar-refractivity contribution is 6.33. The number of hydrogen-bond acceptors (Lipinski definition) is 5. The maximum Gasteiger partial charge on any atom is 0.328 e. The first-order chi connectivity index (χ1) is 9.77. The van der Waals surface area contributed by atoms with Crippen molar-refractivity contribution >= 4 is 23.3 Å². The number of rotatable bonds is 6. The van der Waals surface area contributed by atoms with Gasteiger partial charge in [-0.25, -0.2) is 9.48 Å². The minimum Gasteiger partial charge on any atom is -0.467 e. The van der Waals surface area contributed by atoms with Crippen LogP contribution in [0.4, 0.5) is 5.69 Å². The molecule has 0 aliphatic carbocycles. The van der Waals surface area contributed by atoms with Crippen molar-refractivity contribution in [2.45, 2.75) is 40.3 Å². The van der Waals surface area contributed by atoms with Gasteiger partial charge in [0, 0.05) is 6.54 Å². The molecule has 0 bridgehead atoms. The zero-order valence-corrected chi connectivity index (χ0v) is 13.8. The van der Waals surface area contributed by atoms with Gasteiger partial charge in [0.2, 0.25) is 0 Å². The van der Waals surface area contributed by atoms with Crippen LogP contribution in [0.25, 0.3) is 0 Å². The second-order valence-corrected chi connectivity index (χ2v) is 6.02. The minimum atomic E-state index is -0.588. The van der Waals surface area contributed by atoms with Crippen LogP contribution in [0.3, 0.4) is 0 Å². The number of nitrogens with zero attached hydrogens (tertiary/aromatic N) is 2. The van der Waals surface area contributed by atoms with Crippen LogP contribution < -0.4 is 10.9 Å². The third-order valence-electron chi connectivity index (χ3n) is 2.96. The van der Waals surface area contributed by atoms with Crippen molar-refractivity contribution in [3.8, 4) is 0 Å². The van der Waals surface area contributed by atoms with Gasteiger partial charge in [0.05, 0.1) is 19.0 Å². The number of carbonyl (C=O) groups excluding carboxylic acids is 1. The third kappa shape index (κ3) is 4.46. The molecule has 1 heterocycles. The summed E-state index contributed by atoms with van der Waals surface area (Å²) in [5.74, 6) is -0.150. The number of ether oxygens (including phenoxy) is 1. The number of nitrogens with one attached hydrogen (secondary N) is 1. The molecule has 1 unspecified atom stereocenters. The Labute approximate surface area is 129 Å². The lowest BCUT2D eigenvalue weighted by molar-refractivity contribution is -0.142. The van der Waals surface area contributed by atoms with E-state index < -0.39 is 12.0 Å². The smallest absolute Gasteiger partial charge is 0.328 e. The number of halogens is 1. The number of anilines is 1. The molecule has 118 valence electrons. The van der Waals surface area contributed by atoms with Crippen molar-refractivity contribution in [3.05, 3.63) is 21.6 Å². The molecule has 0 saturated carbocycles. The second kappa shape index (κ2) is 7.45. The lowest BCUT2D eigenvalue weighted by atomic mass is 10.0. The zero-order chi connectivity index (χ0) is 16.2. The fourth-order valence-electron chi connectivity index (χ4n) is 1.83. The Hall–Kier alpha value is -1.56. The van der Waals surface area contributed by atoms with Crippen molar-refractivity contribution in [2.24, 2.45) is 11.8 Å².